The van der Waals surface area contributed by atoms with Crippen molar-refractivity contribution < 1.29 is 22.8 Å². The van der Waals surface area contributed by atoms with E-state index in [2.05, 4.69) is 5.32 Å². The van der Waals surface area contributed by atoms with E-state index < -0.39 is 17.2 Å². The molecule has 27 heavy (non-hydrogen) atoms. The molecule has 140 valence electrons. The van der Waals surface area contributed by atoms with Crippen molar-refractivity contribution in [3.05, 3.63) is 65.2 Å². The highest BCUT2D eigenvalue weighted by Gasteiger charge is 2.48. The van der Waals surface area contributed by atoms with E-state index in [0.717, 1.165) is 23.4 Å². The van der Waals surface area contributed by atoms with Crippen molar-refractivity contribution >= 4 is 17.5 Å². The zero-order valence-electron chi connectivity index (χ0n) is 14.3. The van der Waals surface area contributed by atoms with Crippen molar-refractivity contribution in [2.45, 2.75) is 19.0 Å². The van der Waals surface area contributed by atoms with Crippen LogP contribution < -0.4 is 5.32 Å². The number of alkyl halides is 3. The van der Waals surface area contributed by atoms with E-state index in [-0.39, 0.29) is 23.9 Å². The smallest absolute Gasteiger partial charge is 0.338 e. The Morgan fingerprint density at radius 2 is 1.78 bits per heavy atom. The average Bonchev–Trinajstić information content (AvgIpc) is 3.06. The van der Waals surface area contributed by atoms with Gasteiger partial charge in [0, 0.05) is 24.3 Å². The van der Waals surface area contributed by atoms with E-state index in [0.29, 0.717) is 19.4 Å². The Bertz CT molecular complexity index is 908. The molecular formula is C20H17F3N2O2. The zero-order valence-corrected chi connectivity index (χ0v) is 14.3. The van der Waals surface area contributed by atoms with Gasteiger partial charge in [0.2, 0.25) is 5.91 Å². The number of benzene rings is 2. The number of halogens is 3. The number of rotatable bonds is 1. The molecule has 7 heteroatoms. The first-order chi connectivity index (χ1) is 12.8. The van der Waals surface area contributed by atoms with Gasteiger partial charge in [0.05, 0.1) is 11.0 Å². The second kappa shape index (κ2) is 6.11. The van der Waals surface area contributed by atoms with Crippen molar-refractivity contribution in [2.75, 3.05) is 18.4 Å². The summed E-state index contributed by atoms with van der Waals surface area (Å²) in [4.78, 5) is 26.9. The lowest BCUT2D eigenvalue weighted by molar-refractivity contribution is -0.137. The van der Waals surface area contributed by atoms with Gasteiger partial charge in [0.25, 0.3) is 5.91 Å². The van der Waals surface area contributed by atoms with Crippen LogP contribution in [0.25, 0.3) is 0 Å². The van der Waals surface area contributed by atoms with E-state index in [1.54, 1.807) is 4.90 Å². The van der Waals surface area contributed by atoms with Crippen LogP contribution in [0.4, 0.5) is 18.9 Å². The van der Waals surface area contributed by atoms with Crippen molar-refractivity contribution in [3.63, 3.8) is 0 Å². The van der Waals surface area contributed by atoms with Crippen LogP contribution in [0.3, 0.4) is 0 Å². The van der Waals surface area contributed by atoms with Gasteiger partial charge in [0.1, 0.15) is 0 Å². The molecular weight excluding hydrogens is 357 g/mol. The fraction of sp³-hybridized carbons (Fsp3) is 0.300. The lowest BCUT2D eigenvalue weighted by Crippen LogP contribution is -2.44. The standard InChI is InChI=1S/C20H17F3N2O2/c21-20(22,23)15-7-5-13(6-8-15)17(26)25-10-9-19(12-25)11-14-3-1-2-4-16(14)24-18(19)27/h1-8H,9-12H2,(H,24,27). The fourth-order valence-corrected chi connectivity index (χ4v) is 3.86. The number of nitrogens with zero attached hydrogens (tertiary/aromatic N) is 1. The van der Waals surface area contributed by atoms with Crippen LogP contribution in [-0.4, -0.2) is 29.8 Å². The van der Waals surface area contributed by atoms with Crippen molar-refractivity contribution in [2.24, 2.45) is 5.41 Å². The van der Waals surface area contributed by atoms with Gasteiger partial charge in [-0.05, 0) is 48.7 Å². The highest BCUT2D eigenvalue weighted by atomic mass is 19.4. The van der Waals surface area contributed by atoms with Crippen LogP contribution >= 0.6 is 0 Å². The first kappa shape index (κ1) is 17.6. The average molecular weight is 374 g/mol. The minimum atomic E-state index is -4.44. The fourth-order valence-electron chi connectivity index (χ4n) is 3.86. The third kappa shape index (κ3) is 3.07. The molecule has 1 fully saturated rings. The molecule has 0 bridgehead atoms. The molecule has 2 amide bonds. The van der Waals surface area contributed by atoms with Crippen molar-refractivity contribution in [3.8, 4) is 0 Å². The second-order valence-electron chi connectivity index (χ2n) is 7.12. The molecule has 1 spiro atoms. The summed E-state index contributed by atoms with van der Waals surface area (Å²) in [6, 6.07) is 11.7. The third-order valence-electron chi connectivity index (χ3n) is 5.38. The van der Waals surface area contributed by atoms with E-state index in [1.165, 1.54) is 12.1 Å². The normalized spacial score (nSPS) is 21.9. The summed E-state index contributed by atoms with van der Waals surface area (Å²) in [6.07, 6.45) is -3.36. The molecule has 1 saturated heterocycles. The van der Waals surface area contributed by atoms with Gasteiger partial charge in [-0.1, -0.05) is 18.2 Å². The van der Waals surface area contributed by atoms with E-state index in [4.69, 9.17) is 0 Å². The Balaban J connectivity index is 1.53. The Labute approximate surface area is 154 Å². The summed E-state index contributed by atoms with van der Waals surface area (Å²) in [6.45, 7) is 0.655. The first-order valence-corrected chi connectivity index (χ1v) is 8.64. The van der Waals surface area contributed by atoms with Gasteiger partial charge in [-0.25, -0.2) is 0 Å². The topological polar surface area (TPSA) is 49.4 Å². The number of hydrogen-bond donors (Lipinski definition) is 1. The molecule has 0 aliphatic carbocycles. The molecule has 1 atom stereocenters. The van der Waals surface area contributed by atoms with Crippen LogP contribution in [0.1, 0.15) is 27.9 Å². The molecule has 0 aromatic heterocycles. The number of likely N-dealkylation sites (tertiary alicyclic amines) is 1. The monoisotopic (exact) mass is 374 g/mol. The minimum absolute atomic E-state index is 0.107. The second-order valence-corrected chi connectivity index (χ2v) is 7.12. The minimum Gasteiger partial charge on any atom is -0.338 e. The zero-order chi connectivity index (χ0) is 19.2. The summed E-state index contributed by atoms with van der Waals surface area (Å²) >= 11 is 0. The molecule has 0 saturated carbocycles. The Morgan fingerprint density at radius 3 is 2.48 bits per heavy atom. The predicted octanol–water partition coefficient (Wildman–Crippen LogP) is 3.73. The Hall–Kier alpha value is -2.83. The third-order valence-corrected chi connectivity index (χ3v) is 5.38. The van der Waals surface area contributed by atoms with E-state index in [1.807, 2.05) is 24.3 Å². The largest absolute Gasteiger partial charge is 0.416 e. The number of hydrogen-bond acceptors (Lipinski definition) is 2. The molecule has 4 nitrogen and oxygen atoms in total. The summed E-state index contributed by atoms with van der Waals surface area (Å²) in [5.41, 5.74) is 0.536. The molecule has 2 heterocycles. The number of nitrogens with one attached hydrogen (secondary N) is 1. The van der Waals surface area contributed by atoms with E-state index >= 15 is 0 Å². The maximum absolute atomic E-state index is 12.7. The van der Waals surface area contributed by atoms with Crippen LogP contribution in [-0.2, 0) is 17.4 Å². The van der Waals surface area contributed by atoms with Crippen LogP contribution in [0, 0.1) is 5.41 Å². The van der Waals surface area contributed by atoms with Gasteiger partial charge in [0.15, 0.2) is 0 Å². The number of carbonyl (C=O) groups excluding carboxylic acids is 2. The molecule has 1 unspecified atom stereocenters. The molecule has 2 aromatic carbocycles. The Morgan fingerprint density at radius 1 is 1.07 bits per heavy atom. The van der Waals surface area contributed by atoms with Gasteiger partial charge in [-0.3, -0.25) is 9.59 Å². The molecule has 4 rings (SSSR count). The maximum atomic E-state index is 12.7. The summed E-state index contributed by atoms with van der Waals surface area (Å²) in [5, 5.41) is 2.91. The lowest BCUT2D eigenvalue weighted by atomic mass is 9.77. The quantitative estimate of drug-likeness (QED) is 0.827. The van der Waals surface area contributed by atoms with Crippen molar-refractivity contribution in [1.82, 2.24) is 4.90 Å². The predicted molar refractivity (Wildman–Crippen MR) is 93.2 cm³/mol. The summed E-state index contributed by atoms with van der Waals surface area (Å²) < 4.78 is 38.1. The Kier molecular flexibility index (Phi) is 3.98. The van der Waals surface area contributed by atoms with Crippen molar-refractivity contribution in [1.29, 1.82) is 0 Å². The van der Waals surface area contributed by atoms with Gasteiger partial charge >= 0.3 is 6.18 Å². The summed E-state index contributed by atoms with van der Waals surface area (Å²) in [5.74, 6) is -0.462. The summed E-state index contributed by atoms with van der Waals surface area (Å²) in [7, 11) is 0. The first-order valence-electron chi connectivity index (χ1n) is 8.64. The SMILES string of the molecule is O=C(c1ccc(C(F)(F)F)cc1)N1CCC2(Cc3ccccc3NC2=O)C1. The van der Waals surface area contributed by atoms with Crippen LogP contribution in [0.5, 0.6) is 0 Å². The molecule has 1 N–H and O–H groups in total. The molecule has 2 aromatic rings. The number of para-hydroxylation sites is 1. The maximum Gasteiger partial charge on any atom is 0.416 e. The number of amides is 2. The highest BCUT2D eigenvalue weighted by Crippen LogP contribution is 2.41. The molecule has 2 aliphatic heterocycles. The molecule has 0 radical (unpaired) electrons. The van der Waals surface area contributed by atoms with Gasteiger partial charge < -0.3 is 10.2 Å². The van der Waals surface area contributed by atoms with Crippen LogP contribution in [0.2, 0.25) is 0 Å². The molecule has 2 aliphatic rings. The lowest BCUT2D eigenvalue weighted by Gasteiger charge is -2.33. The number of fused-ring (bicyclic) bond motifs is 1. The highest BCUT2D eigenvalue weighted by molar-refractivity contribution is 6.00. The van der Waals surface area contributed by atoms with E-state index in [9.17, 15) is 22.8 Å². The number of carbonyl (C=O) groups is 2. The van der Waals surface area contributed by atoms with Gasteiger partial charge in [-0.2, -0.15) is 13.2 Å². The van der Waals surface area contributed by atoms with Gasteiger partial charge in [-0.15, -0.1) is 0 Å². The number of anilines is 1. The van der Waals surface area contributed by atoms with Crippen LogP contribution in [0.15, 0.2) is 48.5 Å².